The fraction of sp³-hybridized carbons (Fsp3) is 0.636. The molecule has 3 heteroatoms. The molecule has 0 aliphatic rings. The van der Waals surface area contributed by atoms with Crippen LogP contribution in [-0.2, 0) is 0 Å². The molecule has 14 heavy (non-hydrogen) atoms. The number of thiophene rings is 1. The zero-order chi connectivity index (χ0) is 10.9. The van der Waals surface area contributed by atoms with Crippen molar-refractivity contribution in [1.29, 1.82) is 0 Å². The SMILES string of the molecule is CNC(c1cc(C)c(Cl)s1)C(C)(C)C. The summed E-state index contributed by atoms with van der Waals surface area (Å²) >= 11 is 7.75. The molecule has 1 aromatic rings. The first-order chi connectivity index (χ1) is 6.36. The lowest BCUT2D eigenvalue weighted by molar-refractivity contribution is 0.291. The van der Waals surface area contributed by atoms with Gasteiger partial charge in [0.05, 0.1) is 4.34 Å². The zero-order valence-electron chi connectivity index (χ0n) is 9.44. The number of nitrogens with one attached hydrogen (secondary N) is 1. The lowest BCUT2D eigenvalue weighted by Crippen LogP contribution is -2.28. The molecule has 0 aromatic carbocycles. The Hall–Kier alpha value is -0.0500. The van der Waals surface area contributed by atoms with Crippen LogP contribution in [0.1, 0.15) is 37.3 Å². The third kappa shape index (κ3) is 2.50. The number of halogens is 1. The minimum absolute atomic E-state index is 0.218. The van der Waals surface area contributed by atoms with Crippen LogP contribution in [-0.4, -0.2) is 7.05 Å². The van der Waals surface area contributed by atoms with E-state index in [1.165, 1.54) is 10.4 Å². The van der Waals surface area contributed by atoms with Crippen LogP contribution in [0, 0.1) is 12.3 Å². The molecule has 1 unspecified atom stereocenters. The summed E-state index contributed by atoms with van der Waals surface area (Å²) in [7, 11) is 2.00. The minimum atomic E-state index is 0.218. The number of hydrogen-bond acceptors (Lipinski definition) is 2. The summed E-state index contributed by atoms with van der Waals surface area (Å²) in [5, 5.41) is 3.35. The van der Waals surface area contributed by atoms with Gasteiger partial charge < -0.3 is 5.32 Å². The van der Waals surface area contributed by atoms with Gasteiger partial charge in [-0.1, -0.05) is 32.4 Å². The van der Waals surface area contributed by atoms with Gasteiger partial charge in [-0.2, -0.15) is 0 Å². The normalized spacial score (nSPS) is 14.4. The molecule has 0 bridgehead atoms. The Balaban J connectivity index is 3.01. The van der Waals surface area contributed by atoms with E-state index in [9.17, 15) is 0 Å². The molecule has 0 saturated carbocycles. The Morgan fingerprint density at radius 1 is 1.43 bits per heavy atom. The van der Waals surface area contributed by atoms with Gasteiger partial charge in [-0.05, 0) is 31.0 Å². The molecule has 1 rings (SSSR count). The summed E-state index contributed by atoms with van der Waals surface area (Å²) < 4.78 is 0.907. The van der Waals surface area contributed by atoms with Crippen molar-refractivity contribution in [2.45, 2.75) is 33.7 Å². The van der Waals surface area contributed by atoms with E-state index in [4.69, 9.17) is 11.6 Å². The van der Waals surface area contributed by atoms with Gasteiger partial charge in [-0.15, -0.1) is 11.3 Å². The van der Waals surface area contributed by atoms with E-state index in [2.05, 4.69) is 39.1 Å². The van der Waals surface area contributed by atoms with Crippen LogP contribution >= 0.6 is 22.9 Å². The second kappa shape index (κ2) is 4.21. The highest BCUT2D eigenvalue weighted by Gasteiger charge is 2.26. The molecule has 0 aliphatic carbocycles. The van der Waals surface area contributed by atoms with Gasteiger partial charge >= 0.3 is 0 Å². The molecule has 0 fully saturated rings. The van der Waals surface area contributed by atoms with Gasteiger partial charge in [-0.3, -0.25) is 0 Å². The van der Waals surface area contributed by atoms with E-state index < -0.39 is 0 Å². The molecule has 0 spiro atoms. The van der Waals surface area contributed by atoms with E-state index in [1.807, 2.05) is 7.05 Å². The molecule has 1 aromatic heterocycles. The molecule has 80 valence electrons. The Labute approximate surface area is 95.5 Å². The number of rotatable bonds is 2. The van der Waals surface area contributed by atoms with Gasteiger partial charge in [0.1, 0.15) is 0 Å². The van der Waals surface area contributed by atoms with Gasteiger partial charge in [0, 0.05) is 10.9 Å². The molecule has 1 heterocycles. The summed E-state index contributed by atoms with van der Waals surface area (Å²) in [6, 6.07) is 2.55. The van der Waals surface area contributed by atoms with Crippen LogP contribution in [0.25, 0.3) is 0 Å². The lowest BCUT2D eigenvalue weighted by atomic mass is 9.86. The molecule has 0 aliphatic heterocycles. The standard InChI is InChI=1S/C11H18ClNS/c1-7-6-8(14-10(7)12)9(13-5)11(2,3)4/h6,9,13H,1-5H3. The van der Waals surface area contributed by atoms with E-state index in [-0.39, 0.29) is 5.41 Å². The fourth-order valence-corrected chi connectivity index (χ4v) is 3.20. The van der Waals surface area contributed by atoms with E-state index >= 15 is 0 Å². The predicted molar refractivity (Wildman–Crippen MR) is 65.3 cm³/mol. The van der Waals surface area contributed by atoms with Gasteiger partial charge in [-0.25, -0.2) is 0 Å². The van der Waals surface area contributed by atoms with Crippen LogP contribution in [0.3, 0.4) is 0 Å². The number of hydrogen-bond donors (Lipinski definition) is 1. The molecular weight excluding hydrogens is 214 g/mol. The largest absolute Gasteiger partial charge is 0.312 e. The summed E-state index contributed by atoms with van der Waals surface area (Å²) in [6.45, 7) is 8.75. The molecule has 0 radical (unpaired) electrons. The van der Waals surface area contributed by atoms with Crippen LogP contribution in [0.2, 0.25) is 4.34 Å². The first-order valence-electron chi connectivity index (χ1n) is 4.79. The maximum Gasteiger partial charge on any atom is 0.0960 e. The summed E-state index contributed by atoms with van der Waals surface area (Å²) in [5.41, 5.74) is 1.39. The monoisotopic (exact) mass is 231 g/mol. The van der Waals surface area contributed by atoms with Crippen molar-refractivity contribution in [3.63, 3.8) is 0 Å². The average Bonchev–Trinajstić information content (AvgIpc) is 2.30. The third-order valence-electron chi connectivity index (χ3n) is 2.32. The topological polar surface area (TPSA) is 12.0 Å². The van der Waals surface area contributed by atoms with Gasteiger partial charge in [0.25, 0.3) is 0 Å². The van der Waals surface area contributed by atoms with Crippen LogP contribution < -0.4 is 5.32 Å². The van der Waals surface area contributed by atoms with Crippen molar-refractivity contribution in [3.8, 4) is 0 Å². The molecule has 1 nitrogen and oxygen atoms in total. The van der Waals surface area contributed by atoms with Crippen LogP contribution in [0.5, 0.6) is 0 Å². The Morgan fingerprint density at radius 2 is 2.00 bits per heavy atom. The van der Waals surface area contributed by atoms with Crippen molar-refractivity contribution in [2.24, 2.45) is 5.41 Å². The molecule has 1 N–H and O–H groups in total. The maximum absolute atomic E-state index is 6.07. The highest BCUT2D eigenvalue weighted by Crippen LogP contribution is 2.39. The maximum atomic E-state index is 6.07. The van der Waals surface area contributed by atoms with E-state index in [0.29, 0.717) is 6.04 Å². The van der Waals surface area contributed by atoms with Crippen molar-refractivity contribution in [2.75, 3.05) is 7.05 Å². The molecule has 0 amide bonds. The van der Waals surface area contributed by atoms with Crippen LogP contribution in [0.4, 0.5) is 0 Å². The van der Waals surface area contributed by atoms with E-state index in [1.54, 1.807) is 11.3 Å². The first kappa shape index (κ1) is 12.0. The van der Waals surface area contributed by atoms with Crippen molar-refractivity contribution < 1.29 is 0 Å². The molecule has 1 atom stereocenters. The molecule has 0 saturated heterocycles. The second-order valence-corrected chi connectivity index (χ2v) is 6.38. The van der Waals surface area contributed by atoms with Gasteiger partial charge in [0.15, 0.2) is 0 Å². The van der Waals surface area contributed by atoms with Crippen LogP contribution in [0.15, 0.2) is 6.07 Å². The number of aryl methyl sites for hydroxylation is 1. The highest BCUT2D eigenvalue weighted by atomic mass is 35.5. The Bertz CT molecular complexity index is 292. The fourth-order valence-electron chi connectivity index (χ4n) is 1.63. The minimum Gasteiger partial charge on any atom is -0.312 e. The molecular formula is C11H18ClNS. The second-order valence-electron chi connectivity index (χ2n) is 4.69. The predicted octanol–water partition coefficient (Wildman–Crippen LogP) is 4.02. The lowest BCUT2D eigenvalue weighted by Gasteiger charge is -2.29. The smallest absolute Gasteiger partial charge is 0.0960 e. The summed E-state index contributed by atoms with van der Waals surface area (Å²) in [6.07, 6.45) is 0. The summed E-state index contributed by atoms with van der Waals surface area (Å²) in [5.74, 6) is 0. The highest BCUT2D eigenvalue weighted by molar-refractivity contribution is 7.16. The quantitative estimate of drug-likeness (QED) is 0.811. The zero-order valence-corrected chi connectivity index (χ0v) is 11.0. The van der Waals surface area contributed by atoms with Crippen molar-refractivity contribution in [3.05, 3.63) is 20.8 Å². The Kier molecular flexibility index (Phi) is 3.62. The first-order valence-corrected chi connectivity index (χ1v) is 5.99. The van der Waals surface area contributed by atoms with E-state index in [0.717, 1.165) is 4.34 Å². The Morgan fingerprint density at radius 3 is 2.29 bits per heavy atom. The summed E-state index contributed by atoms with van der Waals surface area (Å²) in [4.78, 5) is 1.32. The van der Waals surface area contributed by atoms with Gasteiger partial charge in [0.2, 0.25) is 0 Å². The van der Waals surface area contributed by atoms with Crippen molar-refractivity contribution in [1.82, 2.24) is 5.32 Å². The third-order valence-corrected chi connectivity index (χ3v) is 3.94. The van der Waals surface area contributed by atoms with Crippen molar-refractivity contribution >= 4 is 22.9 Å². The average molecular weight is 232 g/mol.